The summed E-state index contributed by atoms with van der Waals surface area (Å²) < 4.78 is 0. The fourth-order valence-electron chi connectivity index (χ4n) is 1.29. The van der Waals surface area contributed by atoms with E-state index in [1.54, 1.807) is 0 Å². The molecule has 1 amide bonds. The topological polar surface area (TPSA) is 92.4 Å². The first-order valence-electron chi connectivity index (χ1n) is 5.60. The van der Waals surface area contributed by atoms with Crippen molar-refractivity contribution in [2.75, 3.05) is 0 Å². The van der Waals surface area contributed by atoms with Gasteiger partial charge in [-0.05, 0) is 25.7 Å². The Hall–Kier alpha value is -1.10. The van der Waals surface area contributed by atoms with Gasteiger partial charge in [0.2, 0.25) is 5.91 Å². The second-order valence-corrected chi connectivity index (χ2v) is 4.59. The van der Waals surface area contributed by atoms with Crippen molar-refractivity contribution in [3.8, 4) is 0 Å². The van der Waals surface area contributed by atoms with E-state index in [1.165, 1.54) is 0 Å². The number of hydrogen-bond donors (Lipinski definition) is 3. The number of carboxylic acids is 1. The van der Waals surface area contributed by atoms with Crippen LogP contribution in [-0.4, -0.2) is 29.1 Å². The second-order valence-electron chi connectivity index (χ2n) is 4.59. The third-order valence-electron chi connectivity index (χ3n) is 2.30. The molecule has 0 aliphatic rings. The molecule has 0 radical (unpaired) electrons. The maximum atomic E-state index is 11.4. The minimum absolute atomic E-state index is 0.0368. The van der Waals surface area contributed by atoms with E-state index in [-0.39, 0.29) is 12.5 Å². The molecule has 0 spiro atoms. The van der Waals surface area contributed by atoms with Gasteiger partial charge in [-0.25, -0.2) is 0 Å². The van der Waals surface area contributed by atoms with Crippen LogP contribution in [0.2, 0.25) is 0 Å². The van der Waals surface area contributed by atoms with Gasteiger partial charge in [0, 0.05) is 6.04 Å². The molecule has 0 aromatic rings. The summed E-state index contributed by atoms with van der Waals surface area (Å²) in [4.78, 5) is 21.8. The number of nitrogens with two attached hydrogens (primary N) is 1. The van der Waals surface area contributed by atoms with E-state index in [1.807, 2.05) is 6.92 Å². The SMILES string of the molecule is CC(C)CC[C@H](C)NC(=O)[C@H](N)CC(=O)O. The normalized spacial score (nSPS) is 14.6. The molecule has 0 fully saturated rings. The van der Waals surface area contributed by atoms with E-state index in [0.717, 1.165) is 12.8 Å². The Bertz CT molecular complexity index is 241. The van der Waals surface area contributed by atoms with Gasteiger partial charge in [-0.15, -0.1) is 0 Å². The first-order valence-corrected chi connectivity index (χ1v) is 5.60. The second kappa shape index (κ2) is 7.22. The molecule has 0 aliphatic carbocycles. The van der Waals surface area contributed by atoms with E-state index < -0.39 is 17.9 Å². The van der Waals surface area contributed by atoms with Crippen molar-refractivity contribution in [3.05, 3.63) is 0 Å². The van der Waals surface area contributed by atoms with Crippen LogP contribution in [0.3, 0.4) is 0 Å². The zero-order valence-corrected chi connectivity index (χ0v) is 10.2. The number of carbonyl (C=O) groups excluding carboxylic acids is 1. The molecule has 94 valence electrons. The maximum absolute atomic E-state index is 11.4. The smallest absolute Gasteiger partial charge is 0.305 e. The number of rotatable bonds is 7. The molecule has 5 nitrogen and oxygen atoms in total. The van der Waals surface area contributed by atoms with Crippen LogP contribution >= 0.6 is 0 Å². The van der Waals surface area contributed by atoms with Crippen molar-refractivity contribution >= 4 is 11.9 Å². The third-order valence-corrected chi connectivity index (χ3v) is 2.30. The molecule has 0 bridgehead atoms. The first-order chi connectivity index (χ1) is 7.32. The van der Waals surface area contributed by atoms with Gasteiger partial charge >= 0.3 is 5.97 Å². The summed E-state index contributed by atoms with van der Waals surface area (Å²) in [5.41, 5.74) is 5.43. The highest BCUT2D eigenvalue weighted by Crippen LogP contribution is 2.06. The Balaban J connectivity index is 3.89. The number of hydrogen-bond acceptors (Lipinski definition) is 3. The molecular formula is C11H22N2O3. The molecule has 0 aromatic carbocycles. The summed E-state index contributed by atoms with van der Waals surface area (Å²) in [7, 11) is 0. The quantitative estimate of drug-likeness (QED) is 0.601. The highest BCUT2D eigenvalue weighted by Gasteiger charge is 2.18. The first kappa shape index (κ1) is 14.9. The molecule has 0 heterocycles. The van der Waals surface area contributed by atoms with E-state index >= 15 is 0 Å². The molecular weight excluding hydrogens is 208 g/mol. The highest BCUT2D eigenvalue weighted by molar-refractivity contribution is 5.86. The molecule has 0 saturated heterocycles. The highest BCUT2D eigenvalue weighted by atomic mass is 16.4. The minimum atomic E-state index is -1.06. The largest absolute Gasteiger partial charge is 0.481 e. The lowest BCUT2D eigenvalue weighted by atomic mass is 10.0. The average molecular weight is 230 g/mol. The number of carboxylic acid groups (broad SMARTS) is 1. The lowest BCUT2D eigenvalue weighted by Gasteiger charge is -2.17. The van der Waals surface area contributed by atoms with Crippen molar-refractivity contribution < 1.29 is 14.7 Å². The van der Waals surface area contributed by atoms with Gasteiger partial charge in [-0.2, -0.15) is 0 Å². The molecule has 0 aromatic heterocycles. The van der Waals surface area contributed by atoms with Gasteiger partial charge in [0.25, 0.3) is 0 Å². The Morgan fingerprint density at radius 1 is 1.25 bits per heavy atom. The average Bonchev–Trinajstić information content (AvgIpc) is 2.13. The van der Waals surface area contributed by atoms with Gasteiger partial charge in [0.05, 0.1) is 12.5 Å². The van der Waals surface area contributed by atoms with Crippen LogP contribution in [0.5, 0.6) is 0 Å². The number of aliphatic carboxylic acids is 1. The number of nitrogens with one attached hydrogen (secondary N) is 1. The molecule has 16 heavy (non-hydrogen) atoms. The zero-order chi connectivity index (χ0) is 12.7. The van der Waals surface area contributed by atoms with E-state index in [9.17, 15) is 9.59 Å². The standard InChI is InChI=1S/C11H22N2O3/c1-7(2)4-5-8(3)13-11(16)9(12)6-10(14)15/h7-9H,4-6,12H2,1-3H3,(H,13,16)(H,14,15)/t8-,9+/m0/s1. The maximum Gasteiger partial charge on any atom is 0.305 e. The van der Waals surface area contributed by atoms with Crippen molar-refractivity contribution in [1.29, 1.82) is 0 Å². The lowest BCUT2D eigenvalue weighted by molar-refractivity contribution is -0.139. The van der Waals surface area contributed by atoms with Gasteiger partial charge in [0.1, 0.15) is 0 Å². The monoisotopic (exact) mass is 230 g/mol. The third kappa shape index (κ3) is 7.23. The summed E-state index contributed by atoms with van der Waals surface area (Å²) in [6.07, 6.45) is 1.57. The Labute approximate surface area is 96.4 Å². The Kier molecular flexibility index (Phi) is 6.72. The molecule has 0 saturated carbocycles. The van der Waals surface area contributed by atoms with Crippen LogP contribution in [0, 0.1) is 5.92 Å². The predicted molar refractivity (Wildman–Crippen MR) is 61.9 cm³/mol. The lowest BCUT2D eigenvalue weighted by Crippen LogP contribution is -2.45. The molecule has 4 N–H and O–H groups in total. The van der Waals surface area contributed by atoms with Gasteiger partial charge in [0.15, 0.2) is 0 Å². The molecule has 0 aliphatic heterocycles. The predicted octanol–water partition coefficient (Wildman–Crippen LogP) is 0.729. The number of carbonyl (C=O) groups is 2. The minimum Gasteiger partial charge on any atom is -0.481 e. The Morgan fingerprint density at radius 2 is 1.81 bits per heavy atom. The van der Waals surface area contributed by atoms with Crippen molar-refractivity contribution in [2.24, 2.45) is 11.7 Å². The van der Waals surface area contributed by atoms with Crippen LogP contribution < -0.4 is 11.1 Å². The van der Waals surface area contributed by atoms with Crippen molar-refractivity contribution in [2.45, 2.75) is 52.1 Å². The number of amides is 1. The summed E-state index contributed by atoms with van der Waals surface area (Å²) in [5, 5.41) is 11.2. The van der Waals surface area contributed by atoms with Crippen LogP contribution in [-0.2, 0) is 9.59 Å². The van der Waals surface area contributed by atoms with Crippen LogP contribution in [0.1, 0.15) is 40.0 Å². The van der Waals surface area contributed by atoms with E-state index in [2.05, 4.69) is 19.2 Å². The van der Waals surface area contributed by atoms with E-state index in [0.29, 0.717) is 5.92 Å². The fraction of sp³-hybridized carbons (Fsp3) is 0.818. The van der Waals surface area contributed by atoms with Crippen LogP contribution in [0.25, 0.3) is 0 Å². The zero-order valence-electron chi connectivity index (χ0n) is 10.2. The summed E-state index contributed by atoms with van der Waals surface area (Å²) in [6.45, 7) is 6.13. The Morgan fingerprint density at radius 3 is 2.25 bits per heavy atom. The fourth-order valence-corrected chi connectivity index (χ4v) is 1.29. The molecule has 0 unspecified atom stereocenters. The summed E-state index contributed by atoms with van der Waals surface area (Å²) >= 11 is 0. The van der Waals surface area contributed by atoms with Crippen LogP contribution in [0.4, 0.5) is 0 Å². The van der Waals surface area contributed by atoms with Gasteiger partial charge in [-0.3, -0.25) is 9.59 Å². The molecule has 2 atom stereocenters. The molecule has 0 rings (SSSR count). The van der Waals surface area contributed by atoms with Crippen LogP contribution in [0.15, 0.2) is 0 Å². The summed E-state index contributed by atoms with van der Waals surface area (Å²) in [5.74, 6) is -0.858. The van der Waals surface area contributed by atoms with Gasteiger partial charge < -0.3 is 16.2 Å². The molecule has 5 heteroatoms. The van der Waals surface area contributed by atoms with Gasteiger partial charge in [-0.1, -0.05) is 13.8 Å². The van der Waals surface area contributed by atoms with E-state index in [4.69, 9.17) is 10.8 Å². The van der Waals surface area contributed by atoms with Crippen molar-refractivity contribution in [3.63, 3.8) is 0 Å². The summed E-state index contributed by atoms with van der Waals surface area (Å²) in [6, 6.07) is -0.922. The van der Waals surface area contributed by atoms with Crippen molar-refractivity contribution in [1.82, 2.24) is 5.32 Å².